The van der Waals surface area contributed by atoms with Crippen LogP contribution in [0.25, 0.3) is 0 Å². The number of rotatable bonds is 7. The molecule has 0 rings (SSSR count). The number of esters is 1. The number of ether oxygens (including phenoxy) is 2. The van der Waals surface area contributed by atoms with E-state index in [0.29, 0.717) is 19.7 Å². The number of hydrogen-bond donors (Lipinski definition) is 1. The summed E-state index contributed by atoms with van der Waals surface area (Å²) in [4.78, 5) is 11.4. The second-order valence-electron chi connectivity index (χ2n) is 5.17. The molecule has 16 heavy (non-hydrogen) atoms. The highest BCUT2D eigenvalue weighted by molar-refractivity contribution is 5.76. The molecular formula is C12H25NO3. The standard InChI is InChI=1S/C12H25NO3/c1-7-16-12(4,5)9-13-8-11(2,3)10(14)15-6/h13H,7-9H2,1-6H3. The van der Waals surface area contributed by atoms with Gasteiger partial charge in [0.15, 0.2) is 0 Å². The van der Waals surface area contributed by atoms with Crippen molar-refractivity contribution in [3.05, 3.63) is 0 Å². The van der Waals surface area contributed by atoms with E-state index in [0.717, 1.165) is 0 Å². The minimum absolute atomic E-state index is 0.200. The summed E-state index contributed by atoms with van der Waals surface area (Å²) >= 11 is 0. The fourth-order valence-electron chi connectivity index (χ4n) is 1.47. The van der Waals surface area contributed by atoms with Crippen LogP contribution in [0.2, 0.25) is 0 Å². The molecule has 0 aromatic heterocycles. The van der Waals surface area contributed by atoms with Gasteiger partial charge in [-0.2, -0.15) is 0 Å². The van der Waals surface area contributed by atoms with E-state index in [1.54, 1.807) is 0 Å². The molecule has 0 radical (unpaired) electrons. The Hall–Kier alpha value is -0.610. The van der Waals surface area contributed by atoms with Crippen LogP contribution in [0.5, 0.6) is 0 Å². The Kier molecular flexibility index (Phi) is 5.97. The van der Waals surface area contributed by atoms with Crippen molar-refractivity contribution in [2.75, 3.05) is 26.8 Å². The monoisotopic (exact) mass is 231 g/mol. The minimum atomic E-state index is -0.503. The summed E-state index contributed by atoms with van der Waals surface area (Å²) < 4.78 is 10.3. The van der Waals surface area contributed by atoms with Crippen LogP contribution in [0, 0.1) is 5.41 Å². The molecule has 0 unspecified atom stereocenters. The summed E-state index contributed by atoms with van der Waals surface area (Å²) in [5.74, 6) is -0.200. The molecule has 0 aromatic carbocycles. The first-order valence-corrected chi connectivity index (χ1v) is 5.68. The van der Waals surface area contributed by atoms with Gasteiger partial charge < -0.3 is 14.8 Å². The molecule has 0 amide bonds. The Morgan fingerprint density at radius 3 is 2.19 bits per heavy atom. The van der Waals surface area contributed by atoms with Gasteiger partial charge in [-0.05, 0) is 34.6 Å². The Bertz CT molecular complexity index is 224. The SMILES string of the molecule is CCOC(C)(C)CNCC(C)(C)C(=O)OC. The lowest BCUT2D eigenvalue weighted by molar-refractivity contribution is -0.150. The third-order valence-corrected chi connectivity index (χ3v) is 2.39. The van der Waals surface area contributed by atoms with Gasteiger partial charge in [0.2, 0.25) is 0 Å². The van der Waals surface area contributed by atoms with Crippen LogP contribution in [0.3, 0.4) is 0 Å². The lowest BCUT2D eigenvalue weighted by Crippen LogP contribution is -2.43. The van der Waals surface area contributed by atoms with Gasteiger partial charge in [-0.1, -0.05) is 0 Å². The molecule has 0 atom stereocenters. The number of hydrogen-bond acceptors (Lipinski definition) is 4. The Labute approximate surface area is 98.7 Å². The predicted molar refractivity (Wildman–Crippen MR) is 64.4 cm³/mol. The largest absolute Gasteiger partial charge is 0.469 e. The summed E-state index contributed by atoms with van der Waals surface area (Å²) in [7, 11) is 1.41. The van der Waals surface area contributed by atoms with E-state index in [9.17, 15) is 4.79 Å². The minimum Gasteiger partial charge on any atom is -0.469 e. The maximum absolute atomic E-state index is 11.4. The molecule has 0 bridgehead atoms. The number of methoxy groups -OCH3 is 1. The highest BCUT2D eigenvalue weighted by atomic mass is 16.5. The van der Waals surface area contributed by atoms with Crippen LogP contribution < -0.4 is 5.32 Å². The topological polar surface area (TPSA) is 47.6 Å². The van der Waals surface area contributed by atoms with Gasteiger partial charge in [0.05, 0.1) is 18.1 Å². The summed E-state index contributed by atoms with van der Waals surface area (Å²) in [6.07, 6.45) is 0. The van der Waals surface area contributed by atoms with E-state index in [2.05, 4.69) is 5.32 Å². The fourth-order valence-corrected chi connectivity index (χ4v) is 1.47. The van der Waals surface area contributed by atoms with Crippen molar-refractivity contribution in [1.29, 1.82) is 0 Å². The summed E-state index contributed by atoms with van der Waals surface area (Å²) in [5.41, 5.74) is -0.710. The molecule has 0 saturated heterocycles. The molecule has 0 aliphatic rings. The predicted octanol–water partition coefficient (Wildman–Crippen LogP) is 1.59. The molecule has 0 aromatic rings. The zero-order valence-electron chi connectivity index (χ0n) is 11.3. The first-order chi connectivity index (χ1) is 7.25. The number of carbonyl (C=O) groups excluding carboxylic acids is 1. The van der Waals surface area contributed by atoms with Crippen molar-refractivity contribution < 1.29 is 14.3 Å². The molecule has 0 fully saturated rings. The van der Waals surface area contributed by atoms with Gasteiger partial charge in [-0.3, -0.25) is 4.79 Å². The quantitative estimate of drug-likeness (QED) is 0.676. The van der Waals surface area contributed by atoms with Gasteiger partial charge in [0, 0.05) is 19.7 Å². The lowest BCUT2D eigenvalue weighted by atomic mass is 9.93. The number of nitrogens with one attached hydrogen (secondary N) is 1. The van der Waals surface area contributed by atoms with Crippen molar-refractivity contribution in [3.8, 4) is 0 Å². The fraction of sp³-hybridized carbons (Fsp3) is 0.917. The average Bonchev–Trinajstić information content (AvgIpc) is 2.15. The molecule has 4 nitrogen and oxygen atoms in total. The maximum atomic E-state index is 11.4. The van der Waals surface area contributed by atoms with Crippen LogP contribution in [0.1, 0.15) is 34.6 Å². The third kappa shape index (κ3) is 5.47. The molecule has 0 aliphatic carbocycles. The summed E-state index contributed by atoms with van der Waals surface area (Å²) in [5, 5.41) is 3.24. The molecular weight excluding hydrogens is 206 g/mol. The van der Waals surface area contributed by atoms with Crippen molar-refractivity contribution >= 4 is 5.97 Å². The van der Waals surface area contributed by atoms with E-state index in [4.69, 9.17) is 9.47 Å². The average molecular weight is 231 g/mol. The molecule has 1 N–H and O–H groups in total. The Balaban J connectivity index is 4.02. The maximum Gasteiger partial charge on any atom is 0.312 e. The normalized spacial score (nSPS) is 12.6. The Morgan fingerprint density at radius 2 is 1.75 bits per heavy atom. The smallest absolute Gasteiger partial charge is 0.312 e. The summed E-state index contributed by atoms with van der Waals surface area (Å²) in [6.45, 7) is 11.7. The van der Waals surface area contributed by atoms with Crippen molar-refractivity contribution in [1.82, 2.24) is 5.32 Å². The first-order valence-electron chi connectivity index (χ1n) is 5.68. The molecule has 0 heterocycles. The lowest BCUT2D eigenvalue weighted by Gasteiger charge is -2.28. The molecule has 0 saturated carbocycles. The van der Waals surface area contributed by atoms with E-state index in [-0.39, 0.29) is 11.6 Å². The van der Waals surface area contributed by atoms with E-state index >= 15 is 0 Å². The van der Waals surface area contributed by atoms with Crippen LogP contribution in [-0.4, -0.2) is 38.4 Å². The second kappa shape index (κ2) is 6.21. The summed E-state index contributed by atoms with van der Waals surface area (Å²) in [6, 6.07) is 0. The van der Waals surface area contributed by atoms with Crippen LogP contribution >= 0.6 is 0 Å². The van der Waals surface area contributed by atoms with Crippen LogP contribution in [-0.2, 0) is 14.3 Å². The van der Waals surface area contributed by atoms with E-state index in [1.807, 2.05) is 34.6 Å². The Morgan fingerprint density at radius 1 is 1.19 bits per heavy atom. The molecule has 96 valence electrons. The highest BCUT2D eigenvalue weighted by Crippen LogP contribution is 2.16. The second-order valence-corrected chi connectivity index (χ2v) is 5.17. The molecule has 0 aliphatic heterocycles. The third-order valence-electron chi connectivity index (χ3n) is 2.39. The highest BCUT2D eigenvalue weighted by Gasteiger charge is 2.29. The molecule has 0 spiro atoms. The number of carbonyl (C=O) groups is 1. The van der Waals surface area contributed by atoms with E-state index in [1.165, 1.54) is 7.11 Å². The first kappa shape index (κ1) is 15.4. The van der Waals surface area contributed by atoms with Crippen molar-refractivity contribution in [3.63, 3.8) is 0 Å². The van der Waals surface area contributed by atoms with E-state index < -0.39 is 5.41 Å². The van der Waals surface area contributed by atoms with Crippen molar-refractivity contribution in [2.24, 2.45) is 5.41 Å². The van der Waals surface area contributed by atoms with Gasteiger partial charge >= 0.3 is 5.97 Å². The zero-order valence-corrected chi connectivity index (χ0v) is 11.3. The zero-order chi connectivity index (χ0) is 12.8. The van der Waals surface area contributed by atoms with Crippen LogP contribution in [0.15, 0.2) is 0 Å². The van der Waals surface area contributed by atoms with Gasteiger partial charge in [0.25, 0.3) is 0 Å². The molecule has 4 heteroatoms. The van der Waals surface area contributed by atoms with Gasteiger partial charge in [0.1, 0.15) is 0 Å². The van der Waals surface area contributed by atoms with Gasteiger partial charge in [-0.25, -0.2) is 0 Å². The van der Waals surface area contributed by atoms with Crippen molar-refractivity contribution in [2.45, 2.75) is 40.2 Å². The van der Waals surface area contributed by atoms with Gasteiger partial charge in [-0.15, -0.1) is 0 Å². The van der Waals surface area contributed by atoms with Crippen LogP contribution in [0.4, 0.5) is 0 Å².